The summed E-state index contributed by atoms with van der Waals surface area (Å²) in [6.07, 6.45) is -2.12. The Morgan fingerprint density at radius 3 is 2.21 bits per heavy atom. The number of nitrogens with zero attached hydrogens (tertiary/aromatic N) is 3. The smallest absolute Gasteiger partial charge is 0.417 e. The number of allylic oxidation sites excluding steroid dienone is 2. The van der Waals surface area contributed by atoms with E-state index in [0.29, 0.717) is 39.7 Å². The van der Waals surface area contributed by atoms with Gasteiger partial charge in [0, 0.05) is 17.1 Å². The minimum atomic E-state index is -4.74. The lowest BCUT2D eigenvalue weighted by Crippen LogP contribution is -2.53. The topological polar surface area (TPSA) is 120 Å². The number of fused-ring (bicyclic) bond motifs is 4. The van der Waals surface area contributed by atoms with Crippen molar-refractivity contribution < 1.29 is 37.5 Å². The molecular weight excluding hydrogens is 720 g/mol. The highest BCUT2D eigenvalue weighted by Gasteiger charge is 2.70. The Kier molecular flexibility index (Phi) is 7.96. The highest BCUT2D eigenvalue weighted by atomic mass is 35.5. The van der Waals surface area contributed by atoms with Crippen molar-refractivity contribution in [3.8, 4) is 5.75 Å². The first kappa shape index (κ1) is 33.9. The second-order valence-corrected chi connectivity index (χ2v) is 14.2. The van der Waals surface area contributed by atoms with Crippen LogP contribution in [0.15, 0.2) is 103 Å². The fraction of sp³-hybridized carbons (Fsp3) is 0.237. The molecule has 0 unspecified atom stereocenters. The number of pyridine rings is 1. The van der Waals surface area contributed by atoms with Crippen LogP contribution in [0.2, 0.25) is 10.0 Å². The van der Waals surface area contributed by atoms with Gasteiger partial charge in [-0.15, -0.1) is 0 Å². The Hall–Kier alpha value is -5.20. The van der Waals surface area contributed by atoms with Crippen LogP contribution in [0.25, 0.3) is 0 Å². The number of hydrazine groups is 1. The number of halogens is 5. The molecule has 1 saturated carbocycles. The van der Waals surface area contributed by atoms with Crippen LogP contribution >= 0.6 is 23.2 Å². The third-order valence-electron chi connectivity index (χ3n) is 10.8. The van der Waals surface area contributed by atoms with Crippen molar-refractivity contribution in [2.75, 3.05) is 10.3 Å². The second-order valence-electron chi connectivity index (χ2n) is 13.4. The molecule has 2 aliphatic carbocycles. The Morgan fingerprint density at radius 1 is 0.865 bits per heavy atom. The molecule has 2 N–H and O–H groups in total. The number of amides is 4. The maximum atomic E-state index is 15.2. The molecule has 1 aromatic heterocycles. The number of nitrogens with one attached hydrogen (secondary N) is 1. The number of carbonyl (C=O) groups excluding carboxylic acids is 4. The number of hydrogen-bond donors (Lipinski definition) is 2. The Balaban J connectivity index is 1.30. The van der Waals surface area contributed by atoms with E-state index < -0.39 is 69.5 Å². The molecule has 4 aliphatic rings. The maximum absolute atomic E-state index is 15.2. The quantitative estimate of drug-likeness (QED) is 0.163. The van der Waals surface area contributed by atoms with E-state index in [9.17, 15) is 32.7 Å². The number of anilines is 2. The molecule has 264 valence electrons. The zero-order chi connectivity index (χ0) is 36.7. The maximum Gasteiger partial charge on any atom is 0.417 e. The van der Waals surface area contributed by atoms with Crippen LogP contribution < -0.4 is 10.3 Å². The summed E-state index contributed by atoms with van der Waals surface area (Å²) in [5.41, 5.74) is 1.91. The lowest BCUT2D eigenvalue weighted by atomic mass is 9.49. The summed E-state index contributed by atoms with van der Waals surface area (Å²) in [5.74, 6) is -6.86. The number of hydrogen-bond acceptors (Lipinski definition) is 7. The summed E-state index contributed by atoms with van der Waals surface area (Å²) in [4.78, 5) is 63.0. The largest absolute Gasteiger partial charge is 0.508 e. The summed E-state index contributed by atoms with van der Waals surface area (Å²) in [6.45, 7) is 0. The lowest BCUT2D eigenvalue weighted by Gasteiger charge is -2.50. The van der Waals surface area contributed by atoms with Gasteiger partial charge in [-0.2, -0.15) is 18.2 Å². The number of rotatable bonds is 5. The molecule has 14 heteroatoms. The standard InChI is InChI=1S/C38H27Cl2F3N4O5/c39-22-10-8-20(9-11-22)37-28(34(50)47(36(37)52)45-32-29(40)16-21(18-44-32)38(41,42)43)17-27-25(31(37)19-6-12-24(48)13-7-19)14-15-26-30(27)35(51)46(33(26)49)23-4-2-1-3-5-23/h1-14,16,18,26-28,30-31,48H,15,17H2,(H,44,45)/t26-,27+,28-,30-,31-,37+/m0/s1. The van der Waals surface area contributed by atoms with Gasteiger partial charge in [0.2, 0.25) is 11.8 Å². The van der Waals surface area contributed by atoms with Gasteiger partial charge in [0.25, 0.3) is 11.8 Å². The first-order valence-electron chi connectivity index (χ1n) is 16.4. The van der Waals surface area contributed by atoms with Crippen molar-refractivity contribution in [1.29, 1.82) is 0 Å². The summed E-state index contributed by atoms with van der Waals surface area (Å²) in [6, 6.07) is 21.9. The molecule has 4 aromatic rings. The number of aromatic hydroxyl groups is 1. The van der Waals surface area contributed by atoms with E-state index in [4.69, 9.17) is 23.2 Å². The van der Waals surface area contributed by atoms with Crippen LogP contribution in [-0.2, 0) is 30.8 Å². The van der Waals surface area contributed by atoms with Crippen LogP contribution in [0.1, 0.15) is 35.4 Å². The molecule has 52 heavy (non-hydrogen) atoms. The minimum absolute atomic E-state index is 0.0111. The average Bonchev–Trinajstić information content (AvgIpc) is 3.50. The molecule has 0 bridgehead atoms. The first-order valence-corrected chi connectivity index (χ1v) is 17.1. The minimum Gasteiger partial charge on any atom is -0.508 e. The number of phenolic OH excluding ortho intramolecular Hbond substituents is 1. The van der Waals surface area contributed by atoms with E-state index >= 15 is 4.79 Å². The van der Waals surface area contributed by atoms with Gasteiger partial charge in [-0.05, 0) is 72.4 Å². The van der Waals surface area contributed by atoms with Gasteiger partial charge in [-0.1, -0.05) is 77.3 Å². The molecule has 2 aliphatic heterocycles. The predicted octanol–water partition coefficient (Wildman–Crippen LogP) is 7.30. The first-order chi connectivity index (χ1) is 24.8. The number of benzene rings is 3. The van der Waals surface area contributed by atoms with Crippen LogP contribution in [0, 0.1) is 23.7 Å². The van der Waals surface area contributed by atoms with Gasteiger partial charge in [0.15, 0.2) is 5.82 Å². The van der Waals surface area contributed by atoms with Crippen molar-refractivity contribution in [3.63, 3.8) is 0 Å². The van der Waals surface area contributed by atoms with Gasteiger partial charge in [0.05, 0.1) is 39.4 Å². The Bertz CT molecular complexity index is 2180. The Morgan fingerprint density at radius 2 is 1.56 bits per heavy atom. The third-order valence-corrected chi connectivity index (χ3v) is 11.3. The molecule has 4 amide bonds. The summed E-state index contributed by atoms with van der Waals surface area (Å²) >= 11 is 12.5. The van der Waals surface area contributed by atoms with Crippen molar-refractivity contribution in [1.82, 2.24) is 9.99 Å². The van der Waals surface area contributed by atoms with E-state index in [0.717, 1.165) is 5.01 Å². The zero-order valence-electron chi connectivity index (χ0n) is 26.9. The molecule has 6 atom stereocenters. The van der Waals surface area contributed by atoms with Gasteiger partial charge in [-0.3, -0.25) is 29.5 Å². The normalized spacial score (nSPS) is 26.9. The van der Waals surface area contributed by atoms with Crippen LogP contribution in [0.5, 0.6) is 5.75 Å². The molecule has 0 spiro atoms. The van der Waals surface area contributed by atoms with Gasteiger partial charge < -0.3 is 5.11 Å². The number of aromatic nitrogens is 1. The molecule has 3 heterocycles. The fourth-order valence-electron chi connectivity index (χ4n) is 8.66. The van der Waals surface area contributed by atoms with Gasteiger partial charge in [0.1, 0.15) is 5.75 Å². The molecule has 0 radical (unpaired) electrons. The van der Waals surface area contributed by atoms with Gasteiger partial charge >= 0.3 is 6.18 Å². The van der Waals surface area contributed by atoms with Gasteiger partial charge in [-0.25, -0.2) is 4.98 Å². The lowest BCUT2D eigenvalue weighted by molar-refractivity contribution is -0.139. The molecular formula is C38H27Cl2F3N4O5. The summed E-state index contributed by atoms with van der Waals surface area (Å²) in [7, 11) is 0. The number of phenols is 1. The van der Waals surface area contributed by atoms with Crippen LogP contribution in [0.4, 0.5) is 24.7 Å². The number of imide groups is 2. The average molecular weight is 748 g/mol. The third kappa shape index (κ3) is 5.02. The molecule has 3 aromatic carbocycles. The highest BCUT2D eigenvalue weighted by molar-refractivity contribution is 6.33. The van der Waals surface area contributed by atoms with E-state index in [2.05, 4.69) is 10.4 Å². The van der Waals surface area contributed by atoms with E-state index in [1.54, 1.807) is 66.7 Å². The number of carbonyl (C=O) groups is 4. The van der Waals surface area contributed by atoms with E-state index in [1.165, 1.54) is 17.0 Å². The number of para-hydroxylation sites is 1. The highest BCUT2D eigenvalue weighted by Crippen LogP contribution is 2.64. The zero-order valence-corrected chi connectivity index (χ0v) is 28.4. The summed E-state index contributed by atoms with van der Waals surface area (Å²) in [5, 5.41) is 10.9. The van der Waals surface area contributed by atoms with Crippen molar-refractivity contribution in [2.45, 2.75) is 30.4 Å². The molecule has 8 rings (SSSR count). The van der Waals surface area contributed by atoms with Crippen molar-refractivity contribution >= 4 is 58.3 Å². The predicted molar refractivity (Wildman–Crippen MR) is 184 cm³/mol. The van der Waals surface area contributed by atoms with E-state index in [-0.39, 0.29) is 30.3 Å². The van der Waals surface area contributed by atoms with E-state index in [1.807, 2.05) is 6.08 Å². The van der Waals surface area contributed by atoms with Crippen molar-refractivity contribution in [2.24, 2.45) is 23.7 Å². The monoisotopic (exact) mass is 746 g/mol. The molecule has 3 fully saturated rings. The Labute approximate surface area is 304 Å². The SMILES string of the molecule is O=C1[C@@H]2C[C@@H]3C(=CC[C@@H]4C(=O)N(c5ccccc5)C(=O)[C@@H]43)[C@H](c3ccc(O)cc3)[C@]2(c2ccc(Cl)cc2)C(=O)N1Nc1ncc(C(F)(F)F)cc1Cl. The van der Waals surface area contributed by atoms with Crippen LogP contribution in [-0.4, -0.2) is 38.7 Å². The number of alkyl halides is 3. The summed E-state index contributed by atoms with van der Waals surface area (Å²) < 4.78 is 40.3. The molecule has 2 saturated heterocycles. The second kappa shape index (κ2) is 12.2. The van der Waals surface area contributed by atoms with Crippen molar-refractivity contribution in [3.05, 3.63) is 130 Å². The molecule has 9 nitrogen and oxygen atoms in total. The fourth-order valence-corrected chi connectivity index (χ4v) is 8.99. The van der Waals surface area contributed by atoms with Crippen LogP contribution in [0.3, 0.4) is 0 Å².